The third-order valence-corrected chi connectivity index (χ3v) is 2.71. The van der Waals surface area contributed by atoms with E-state index in [2.05, 4.69) is 25.8 Å². The second kappa shape index (κ2) is 5.03. The van der Waals surface area contributed by atoms with Crippen LogP contribution in [0, 0.1) is 20.8 Å². The number of nitrogens with one attached hydrogen (secondary N) is 2. The lowest BCUT2D eigenvalue weighted by Gasteiger charge is -2.07. The Bertz CT molecular complexity index is 530. The summed E-state index contributed by atoms with van der Waals surface area (Å²) in [6, 6.07) is 1.90. The van der Waals surface area contributed by atoms with Crippen molar-refractivity contribution in [1.29, 1.82) is 0 Å². The van der Waals surface area contributed by atoms with Crippen LogP contribution >= 0.6 is 0 Å². The highest BCUT2D eigenvalue weighted by molar-refractivity contribution is 5.42. The first kappa shape index (κ1) is 12.3. The topological polar surface area (TPSA) is 75.9 Å². The Morgan fingerprint density at radius 1 is 1.22 bits per heavy atom. The van der Waals surface area contributed by atoms with E-state index < -0.39 is 0 Å². The van der Waals surface area contributed by atoms with Crippen molar-refractivity contribution >= 4 is 11.8 Å². The summed E-state index contributed by atoms with van der Waals surface area (Å²) in [5.41, 5.74) is 2.88. The molecule has 0 fully saturated rings. The average molecular weight is 247 g/mol. The van der Waals surface area contributed by atoms with Crippen LogP contribution in [0.3, 0.4) is 0 Å². The highest BCUT2D eigenvalue weighted by atomic mass is 16.5. The van der Waals surface area contributed by atoms with Crippen molar-refractivity contribution in [3.63, 3.8) is 0 Å². The van der Waals surface area contributed by atoms with Gasteiger partial charge < -0.3 is 15.2 Å². The highest BCUT2D eigenvalue weighted by Gasteiger charge is 2.09. The van der Waals surface area contributed by atoms with Gasteiger partial charge in [-0.15, -0.1) is 0 Å². The Morgan fingerprint density at radius 2 is 2.00 bits per heavy atom. The van der Waals surface area contributed by atoms with Crippen molar-refractivity contribution in [3.05, 3.63) is 28.8 Å². The van der Waals surface area contributed by atoms with Crippen LogP contribution in [-0.2, 0) is 6.54 Å². The molecule has 0 spiro atoms. The van der Waals surface area contributed by atoms with Gasteiger partial charge in [0.1, 0.15) is 11.6 Å². The van der Waals surface area contributed by atoms with Gasteiger partial charge in [0.25, 0.3) is 0 Å². The molecule has 0 saturated heterocycles. The number of hydrogen-bond acceptors (Lipinski definition) is 6. The minimum atomic E-state index is 0.608. The second-order valence-corrected chi connectivity index (χ2v) is 4.12. The maximum absolute atomic E-state index is 5.12. The van der Waals surface area contributed by atoms with E-state index >= 15 is 0 Å². The van der Waals surface area contributed by atoms with Crippen molar-refractivity contribution in [1.82, 2.24) is 15.1 Å². The molecule has 0 aliphatic heterocycles. The predicted octanol–water partition coefficient (Wildman–Crippen LogP) is 2.04. The molecule has 2 aromatic heterocycles. The summed E-state index contributed by atoms with van der Waals surface area (Å²) in [5.74, 6) is 2.22. The summed E-state index contributed by atoms with van der Waals surface area (Å²) in [6.45, 7) is 6.41. The van der Waals surface area contributed by atoms with Crippen molar-refractivity contribution in [3.8, 4) is 0 Å². The molecule has 2 N–H and O–H groups in total. The monoisotopic (exact) mass is 247 g/mol. The van der Waals surface area contributed by atoms with Crippen molar-refractivity contribution in [2.45, 2.75) is 27.3 Å². The van der Waals surface area contributed by atoms with Gasteiger partial charge in [-0.05, 0) is 20.8 Å². The molecular weight excluding hydrogens is 230 g/mol. The smallest absolute Gasteiger partial charge is 0.224 e. The summed E-state index contributed by atoms with van der Waals surface area (Å²) in [6.07, 6.45) is 0. The zero-order valence-corrected chi connectivity index (χ0v) is 11.0. The van der Waals surface area contributed by atoms with Gasteiger partial charge in [0.2, 0.25) is 5.95 Å². The molecular formula is C12H17N5O. The molecule has 0 atom stereocenters. The van der Waals surface area contributed by atoms with E-state index in [-0.39, 0.29) is 0 Å². The molecule has 2 aromatic rings. The Labute approximate surface area is 106 Å². The minimum Gasteiger partial charge on any atom is -0.366 e. The molecule has 18 heavy (non-hydrogen) atoms. The molecule has 0 aliphatic carbocycles. The number of nitrogens with zero attached hydrogens (tertiary/aromatic N) is 3. The summed E-state index contributed by atoms with van der Waals surface area (Å²) < 4.78 is 5.12. The standard InChI is InChI=1S/C12H17N5O/c1-7-5-11(16-12(13-4)15-7)14-6-10-8(2)17-18-9(10)3/h5H,6H2,1-4H3,(H2,13,14,15,16). The second-order valence-electron chi connectivity index (χ2n) is 4.12. The lowest BCUT2D eigenvalue weighted by molar-refractivity contribution is 0.392. The highest BCUT2D eigenvalue weighted by Crippen LogP contribution is 2.15. The SMILES string of the molecule is CNc1nc(C)cc(NCc2c(C)noc2C)n1. The summed E-state index contributed by atoms with van der Waals surface area (Å²) >= 11 is 0. The molecule has 0 aromatic carbocycles. The van der Waals surface area contributed by atoms with E-state index in [1.807, 2.05) is 26.8 Å². The van der Waals surface area contributed by atoms with Crippen molar-refractivity contribution < 1.29 is 4.52 Å². The molecule has 0 aliphatic rings. The Kier molecular flexibility index (Phi) is 3.45. The zero-order valence-electron chi connectivity index (χ0n) is 11.0. The van der Waals surface area contributed by atoms with E-state index in [1.165, 1.54) is 0 Å². The van der Waals surface area contributed by atoms with Crippen LogP contribution in [0.1, 0.15) is 22.7 Å². The van der Waals surface area contributed by atoms with E-state index in [4.69, 9.17) is 4.52 Å². The fourth-order valence-electron chi connectivity index (χ4n) is 1.70. The van der Waals surface area contributed by atoms with E-state index in [9.17, 15) is 0 Å². The molecule has 2 rings (SSSR count). The molecule has 0 saturated carbocycles. The van der Waals surface area contributed by atoms with E-state index in [0.717, 1.165) is 28.5 Å². The van der Waals surface area contributed by atoms with Crippen LogP contribution in [-0.4, -0.2) is 22.2 Å². The zero-order chi connectivity index (χ0) is 13.1. The number of aryl methyl sites for hydroxylation is 3. The molecule has 96 valence electrons. The van der Waals surface area contributed by atoms with Crippen LogP contribution < -0.4 is 10.6 Å². The average Bonchev–Trinajstić information content (AvgIpc) is 2.66. The Hall–Kier alpha value is -2.11. The number of aromatic nitrogens is 3. The largest absolute Gasteiger partial charge is 0.366 e. The van der Waals surface area contributed by atoms with Crippen molar-refractivity contribution in [2.24, 2.45) is 0 Å². The third kappa shape index (κ3) is 2.58. The minimum absolute atomic E-state index is 0.608. The molecule has 2 heterocycles. The van der Waals surface area contributed by atoms with Crippen LogP contribution in [0.25, 0.3) is 0 Å². The normalized spacial score (nSPS) is 10.4. The molecule has 6 heteroatoms. The number of rotatable bonds is 4. The van der Waals surface area contributed by atoms with E-state index in [1.54, 1.807) is 7.05 Å². The number of anilines is 2. The molecule has 0 bridgehead atoms. The van der Waals surface area contributed by atoms with Crippen LogP contribution in [0.4, 0.5) is 11.8 Å². The lowest BCUT2D eigenvalue weighted by Crippen LogP contribution is -2.06. The van der Waals surface area contributed by atoms with Gasteiger partial charge in [-0.3, -0.25) is 0 Å². The van der Waals surface area contributed by atoms with Gasteiger partial charge in [-0.1, -0.05) is 5.16 Å². The first-order chi connectivity index (χ1) is 8.60. The third-order valence-electron chi connectivity index (χ3n) is 2.71. The Balaban J connectivity index is 2.13. The molecule has 0 amide bonds. The van der Waals surface area contributed by atoms with Gasteiger partial charge in [0.15, 0.2) is 0 Å². The fourth-order valence-corrected chi connectivity index (χ4v) is 1.70. The number of hydrogen-bond donors (Lipinski definition) is 2. The summed E-state index contributed by atoms with van der Waals surface area (Å²) in [7, 11) is 1.80. The molecule has 0 radical (unpaired) electrons. The summed E-state index contributed by atoms with van der Waals surface area (Å²) in [4.78, 5) is 8.57. The molecule has 6 nitrogen and oxygen atoms in total. The quantitative estimate of drug-likeness (QED) is 0.861. The Morgan fingerprint density at radius 3 is 2.61 bits per heavy atom. The van der Waals surface area contributed by atoms with Gasteiger partial charge in [0, 0.05) is 30.9 Å². The van der Waals surface area contributed by atoms with Gasteiger partial charge in [0.05, 0.1) is 5.69 Å². The predicted molar refractivity (Wildman–Crippen MR) is 69.6 cm³/mol. The summed E-state index contributed by atoms with van der Waals surface area (Å²) in [5, 5.41) is 10.1. The fraction of sp³-hybridized carbons (Fsp3) is 0.417. The first-order valence-electron chi connectivity index (χ1n) is 5.79. The van der Waals surface area contributed by atoms with Gasteiger partial charge in [-0.25, -0.2) is 4.98 Å². The van der Waals surface area contributed by atoms with Crippen LogP contribution in [0.15, 0.2) is 10.6 Å². The first-order valence-corrected chi connectivity index (χ1v) is 5.79. The van der Waals surface area contributed by atoms with Crippen LogP contribution in [0.5, 0.6) is 0 Å². The van der Waals surface area contributed by atoms with Crippen LogP contribution in [0.2, 0.25) is 0 Å². The van der Waals surface area contributed by atoms with Gasteiger partial charge >= 0.3 is 0 Å². The van der Waals surface area contributed by atoms with Crippen molar-refractivity contribution in [2.75, 3.05) is 17.7 Å². The van der Waals surface area contributed by atoms with E-state index in [0.29, 0.717) is 12.5 Å². The van der Waals surface area contributed by atoms with Gasteiger partial charge in [-0.2, -0.15) is 4.98 Å². The maximum atomic E-state index is 5.12. The lowest BCUT2D eigenvalue weighted by atomic mass is 10.2. The molecule has 0 unspecified atom stereocenters. The maximum Gasteiger partial charge on any atom is 0.224 e.